The van der Waals surface area contributed by atoms with Crippen molar-refractivity contribution < 1.29 is 18.8 Å². The van der Waals surface area contributed by atoms with Crippen LogP contribution in [0.3, 0.4) is 0 Å². The van der Waals surface area contributed by atoms with Gasteiger partial charge in [0, 0.05) is 30.8 Å². The van der Waals surface area contributed by atoms with Gasteiger partial charge in [-0.15, -0.1) is 0 Å². The third-order valence-corrected chi connectivity index (χ3v) is 5.41. The molecule has 1 atom stereocenters. The average Bonchev–Trinajstić information content (AvgIpc) is 3.39. The fourth-order valence-electron chi connectivity index (χ4n) is 3.82. The second-order valence-corrected chi connectivity index (χ2v) is 7.31. The van der Waals surface area contributed by atoms with Crippen LogP contribution in [0.25, 0.3) is 0 Å². The van der Waals surface area contributed by atoms with Crippen LogP contribution in [0.1, 0.15) is 48.3 Å². The molecule has 0 radical (unpaired) electrons. The van der Waals surface area contributed by atoms with Gasteiger partial charge in [-0.05, 0) is 44.0 Å². The SMILES string of the molecule is CCN1CCC[C@@H]1CNC(=O)c1nc(COc2ccc3c(c2)NC(=O)CC3)no1. The van der Waals surface area contributed by atoms with Crippen molar-refractivity contribution in [1.29, 1.82) is 0 Å². The lowest BCUT2D eigenvalue weighted by Crippen LogP contribution is -2.40. The van der Waals surface area contributed by atoms with Crippen LogP contribution < -0.4 is 15.4 Å². The molecule has 2 amide bonds. The van der Waals surface area contributed by atoms with E-state index in [1.807, 2.05) is 12.1 Å². The molecule has 2 N–H and O–H groups in total. The number of ether oxygens (including phenoxy) is 1. The number of likely N-dealkylation sites (tertiary alicyclic amines) is 1. The summed E-state index contributed by atoms with van der Waals surface area (Å²) in [5, 5.41) is 9.52. The first-order valence-corrected chi connectivity index (χ1v) is 10.0. The molecule has 3 heterocycles. The molecule has 1 aromatic carbocycles. The van der Waals surface area contributed by atoms with Gasteiger partial charge in [-0.25, -0.2) is 0 Å². The number of rotatable bonds is 7. The van der Waals surface area contributed by atoms with Gasteiger partial charge in [-0.1, -0.05) is 18.1 Å². The quantitative estimate of drug-likeness (QED) is 0.730. The highest BCUT2D eigenvalue weighted by molar-refractivity contribution is 5.94. The molecule has 2 aliphatic rings. The maximum atomic E-state index is 12.3. The van der Waals surface area contributed by atoms with Crippen LogP contribution in [0.4, 0.5) is 5.69 Å². The molecule has 2 aromatic rings. The first-order valence-electron chi connectivity index (χ1n) is 10.0. The Labute approximate surface area is 168 Å². The van der Waals surface area contributed by atoms with Crippen LogP contribution in [-0.4, -0.2) is 52.5 Å². The van der Waals surface area contributed by atoms with Gasteiger partial charge in [-0.3, -0.25) is 14.5 Å². The van der Waals surface area contributed by atoms with E-state index in [-0.39, 0.29) is 30.1 Å². The van der Waals surface area contributed by atoms with E-state index in [4.69, 9.17) is 9.26 Å². The summed E-state index contributed by atoms with van der Waals surface area (Å²) < 4.78 is 10.7. The molecular weight excluding hydrogens is 374 g/mol. The maximum absolute atomic E-state index is 12.3. The minimum atomic E-state index is -0.372. The summed E-state index contributed by atoms with van der Waals surface area (Å²) in [7, 11) is 0. The van der Waals surface area contributed by atoms with Crippen molar-refractivity contribution in [3.05, 3.63) is 35.5 Å². The second kappa shape index (κ2) is 8.60. The Kier molecular flexibility index (Phi) is 5.75. The van der Waals surface area contributed by atoms with E-state index in [2.05, 4.69) is 32.6 Å². The van der Waals surface area contributed by atoms with Crippen molar-refractivity contribution in [2.24, 2.45) is 0 Å². The Hall–Kier alpha value is -2.94. The number of carbonyl (C=O) groups excluding carboxylic acids is 2. The van der Waals surface area contributed by atoms with Crippen molar-refractivity contribution in [3.8, 4) is 5.75 Å². The van der Waals surface area contributed by atoms with E-state index in [0.717, 1.165) is 43.6 Å². The summed E-state index contributed by atoms with van der Waals surface area (Å²) in [6.45, 7) is 4.82. The molecule has 1 fully saturated rings. The van der Waals surface area contributed by atoms with E-state index in [1.54, 1.807) is 6.07 Å². The van der Waals surface area contributed by atoms with Crippen LogP contribution in [0.5, 0.6) is 5.75 Å². The number of nitrogens with one attached hydrogen (secondary N) is 2. The van der Waals surface area contributed by atoms with Gasteiger partial charge in [0.15, 0.2) is 6.61 Å². The van der Waals surface area contributed by atoms with Crippen molar-refractivity contribution in [2.45, 2.75) is 45.3 Å². The normalized spacial score (nSPS) is 18.9. The van der Waals surface area contributed by atoms with E-state index in [1.165, 1.54) is 0 Å². The third-order valence-electron chi connectivity index (χ3n) is 5.41. The predicted octanol–water partition coefficient (Wildman–Crippen LogP) is 1.75. The second-order valence-electron chi connectivity index (χ2n) is 7.31. The highest BCUT2D eigenvalue weighted by Gasteiger charge is 2.24. The first kappa shape index (κ1) is 19.4. The molecule has 2 aliphatic heterocycles. The Balaban J connectivity index is 1.29. The largest absolute Gasteiger partial charge is 0.485 e. The lowest BCUT2D eigenvalue weighted by molar-refractivity contribution is -0.116. The number of carbonyl (C=O) groups is 2. The molecule has 0 unspecified atom stereocenters. The summed E-state index contributed by atoms with van der Waals surface area (Å²) in [5.74, 6) is 0.435. The van der Waals surface area contributed by atoms with Gasteiger partial charge in [0.05, 0.1) is 0 Å². The summed E-state index contributed by atoms with van der Waals surface area (Å²) in [4.78, 5) is 30.3. The number of fused-ring (bicyclic) bond motifs is 1. The number of benzene rings is 1. The maximum Gasteiger partial charge on any atom is 0.316 e. The topological polar surface area (TPSA) is 110 Å². The number of anilines is 1. The Bertz CT molecular complexity index is 897. The van der Waals surface area contributed by atoms with Crippen molar-refractivity contribution >= 4 is 17.5 Å². The van der Waals surface area contributed by atoms with E-state index < -0.39 is 0 Å². The van der Waals surface area contributed by atoms with E-state index in [9.17, 15) is 9.59 Å². The Morgan fingerprint density at radius 3 is 3.17 bits per heavy atom. The summed E-state index contributed by atoms with van der Waals surface area (Å²) >= 11 is 0. The van der Waals surface area contributed by atoms with Crippen molar-refractivity contribution in [1.82, 2.24) is 20.4 Å². The number of aryl methyl sites for hydroxylation is 1. The lowest BCUT2D eigenvalue weighted by Gasteiger charge is -2.22. The molecule has 0 saturated carbocycles. The minimum absolute atomic E-state index is 0.00290. The lowest BCUT2D eigenvalue weighted by atomic mass is 10.0. The summed E-state index contributed by atoms with van der Waals surface area (Å²) in [5.41, 5.74) is 1.85. The fourth-order valence-corrected chi connectivity index (χ4v) is 3.82. The van der Waals surface area contributed by atoms with Gasteiger partial charge in [-0.2, -0.15) is 4.98 Å². The average molecular weight is 399 g/mol. The van der Waals surface area contributed by atoms with Gasteiger partial charge >= 0.3 is 11.8 Å². The number of hydrogen-bond acceptors (Lipinski definition) is 7. The molecule has 9 heteroatoms. The number of aromatic nitrogens is 2. The first-order chi connectivity index (χ1) is 14.1. The number of amides is 2. The van der Waals surface area contributed by atoms with Gasteiger partial charge in [0.25, 0.3) is 0 Å². The zero-order valence-electron chi connectivity index (χ0n) is 16.4. The van der Waals surface area contributed by atoms with Gasteiger partial charge in [0.1, 0.15) is 5.75 Å². The van der Waals surface area contributed by atoms with E-state index in [0.29, 0.717) is 24.8 Å². The van der Waals surface area contributed by atoms with Crippen LogP contribution >= 0.6 is 0 Å². The Morgan fingerprint density at radius 1 is 1.41 bits per heavy atom. The molecule has 0 spiro atoms. The minimum Gasteiger partial charge on any atom is -0.485 e. The number of likely N-dealkylation sites (N-methyl/N-ethyl adjacent to an activating group) is 1. The van der Waals surface area contributed by atoms with Crippen molar-refractivity contribution in [2.75, 3.05) is 25.0 Å². The smallest absolute Gasteiger partial charge is 0.316 e. The molecule has 0 bridgehead atoms. The molecule has 4 rings (SSSR count). The fraction of sp³-hybridized carbons (Fsp3) is 0.500. The van der Waals surface area contributed by atoms with Crippen LogP contribution in [-0.2, 0) is 17.8 Å². The summed E-state index contributed by atoms with van der Waals surface area (Å²) in [6.07, 6.45) is 3.46. The zero-order chi connectivity index (χ0) is 20.2. The molecule has 0 aliphatic carbocycles. The number of hydrogen-bond donors (Lipinski definition) is 2. The van der Waals surface area contributed by atoms with Crippen LogP contribution in [0, 0.1) is 0 Å². The summed E-state index contributed by atoms with van der Waals surface area (Å²) in [6, 6.07) is 5.91. The highest BCUT2D eigenvalue weighted by Crippen LogP contribution is 2.27. The highest BCUT2D eigenvalue weighted by atomic mass is 16.5. The monoisotopic (exact) mass is 399 g/mol. The molecule has 1 saturated heterocycles. The Morgan fingerprint density at radius 2 is 2.31 bits per heavy atom. The van der Waals surface area contributed by atoms with Gasteiger partial charge in [0.2, 0.25) is 11.7 Å². The predicted molar refractivity (Wildman–Crippen MR) is 105 cm³/mol. The molecule has 29 heavy (non-hydrogen) atoms. The van der Waals surface area contributed by atoms with Crippen LogP contribution in [0.2, 0.25) is 0 Å². The van der Waals surface area contributed by atoms with Crippen LogP contribution in [0.15, 0.2) is 22.7 Å². The number of nitrogens with zero attached hydrogens (tertiary/aromatic N) is 3. The molecule has 9 nitrogen and oxygen atoms in total. The standard InChI is InChI=1S/C20H25N5O4/c1-2-25-9-3-4-14(25)11-21-19(27)20-23-17(24-29-20)12-28-15-7-5-13-6-8-18(26)22-16(13)10-15/h5,7,10,14H,2-4,6,8-9,11-12H2,1H3,(H,21,27)(H,22,26)/t14-/m1/s1. The molecule has 154 valence electrons. The zero-order valence-corrected chi connectivity index (χ0v) is 16.4. The molecule has 1 aromatic heterocycles. The third kappa shape index (κ3) is 4.56. The molecular formula is C20H25N5O4. The van der Waals surface area contributed by atoms with Gasteiger partial charge < -0.3 is 19.9 Å². The van der Waals surface area contributed by atoms with E-state index >= 15 is 0 Å². The van der Waals surface area contributed by atoms with Crippen molar-refractivity contribution in [3.63, 3.8) is 0 Å².